The smallest absolute Gasteiger partial charge is 0.255 e. The van der Waals surface area contributed by atoms with Gasteiger partial charge >= 0.3 is 0 Å². The van der Waals surface area contributed by atoms with Crippen LogP contribution in [0.3, 0.4) is 0 Å². The molecule has 4 N–H and O–H groups in total. The van der Waals surface area contributed by atoms with E-state index in [4.69, 9.17) is 4.74 Å². The number of nitrogens with one attached hydrogen (secondary N) is 1. The number of nitrogens with zero attached hydrogens (tertiary/aromatic N) is 1. The minimum atomic E-state index is -1.36. The molecule has 0 unspecified atom stereocenters. The van der Waals surface area contributed by atoms with E-state index in [9.17, 15) is 24.5 Å². The highest BCUT2D eigenvalue weighted by atomic mass is 19.1. The Hall–Kier alpha value is -3.10. The highest BCUT2D eigenvalue weighted by molar-refractivity contribution is 6.04. The van der Waals surface area contributed by atoms with Gasteiger partial charge in [-0.1, -0.05) is 6.07 Å². The topological polar surface area (TPSA) is 102 Å². The first-order chi connectivity index (χ1) is 16.8. The minimum Gasteiger partial charge on any atom is -0.508 e. The van der Waals surface area contributed by atoms with Crippen molar-refractivity contribution in [2.75, 3.05) is 18.4 Å². The zero-order valence-electron chi connectivity index (χ0n) is 19.1. The summed E-state index contributed by atoms with van der Waals surface area (Å²) in [5.41, 5.74) is -0.0636. The maximum Gasteiger partial charge on any atom is 0.255 e. The van der Waals surface area contributed by atoms with Crippen LogP contribution in [0.1, 0.15) is 36.8 Å². The number of anilines is 1. The average molecular weight is 479 g/mol. The van der Waals surface area contributed by atoms with Crippen molar-refractivity contribution in [2.45, 2.75) is 55.3 Å². The van der Waals surface area contributed by atoms with Crippen molar-refractivity contribution in [1.82, 2.24) is 4.90 Å². The number of likely N-dealkylation sites (tertiary alicyclic amines) is 1. The third-order valence-electron chi connectivity index (χ3n) is 8.89. The molecule has 35 heavy (non-hydrogen) atoms. The number of halogens is 1. The molecule has 0 radical (unpaired) electrons. The highest BCUT2D eigenvalue weighted by Crippen LogP contribution is 2.66. The van der Waals surface area contributed by atoms with E-state index >= 15 is 0 Å². The summed E-state index contributed by atoms with van der Waals surface area (Å²) in [6.07, 6.45) is 2.52. The highest BCUT2D eigenvalue weighted by Gasteiger charge is 2.73. The van der Waals surface area contributed by atoms with Gasteiger partial charge in [-0.25, -0.2) is 4.39 Å². The third-order valence-corrected chi connectivity index (χ3v) is 8.89. The first kappa shape index (κ1) is 21.2. The van der Waals surface area contributed by atoms with Crippen LogP contribution in [0, 0.1) is 11.7 Å². The van der Waals surface area contributed by atoms with Crippen LogP contribution in [0.4, 0.5) is 10.1 Å². The van der Waals surface area contributed by atoms with Crippen molar-refractivity contribution >= 4 is 11.6 Å². The van der Waals surface area contributed by atoms with E-state index in [1.165, 1.54) is 37.1 Å². The monoisotopic (exact) mass is 478 g/mol. The average Bonchev–Trinajstić information content (AvgIpc) is 3.57. The third kappa shape index (κ3) is 2.75. The standard InChI is InChI=1S/C27H27FN2O5/c28-16-4-6-17(7-5-16)29-25(33)18-12-27(34)20-11-15-3-8-19(31)23-21(15)26(27,24(35-23)22(18)32)9-10-30(20)13-14-1-2-14/h3-8,14,20,24,31-32,34H,1-2,9-13H2,(H,29,33)/t20-,24+,26+,27-/m1/s1. The molecule has 3 aliphatic carbocycles. The molecule has 2 fully saturated rings. The molecule has 4 atom stereocenters. The van der Waals surface area contributed by atoms with Crippen LogP contribution in [0.25, 0.3) is 0 Å². The van der Waals surface area contributed by atoms with E-state index < -0.39 is 28.8 Å². The molecular formula is C27H27FN2O5. The van der Waals surface area contributed by atoms with Crippen LogP contribution >= 0.6 is 0 Å². The summed E-state index contributed by atoms with van der Waals surface area (Å²) in [5.74, 6) is -0.289. The second kappa shape index (κ2) is 6.98. The van der Waals surface area contributed by atoms with Gasteiger partial charge in [-0.05, 0) is 74.0 Å². The first-order valence-electron chi connectivity index (χ1n) is 12.3. The summed E-state index contributed by atoms with van der Waals surface area (Å²) in [6, 6.07) is 8.65. The number of piperidine rings is 1. The molecule has 0 aromatic heterocycles. The van der Waals surface area contributed by atoms with Crippen LogP contribution in [0.2, 0.25) is 0 Å². The lowest BCUT2D eigenvalue weighted by atomic mass is 9.49. The lowest BCUT2D eigenvalue weighted by Gasteiger charge is -2.62. The first-order valence-corrected chi connectivity index (χ1v) is 12.3. The maximum absolute atomic E-state index is 13.3. The van der Waals surface area contributed by atoms with Crippen LogP contribution in [0.15, 0.2) is 47.7 Å². The normalized spacial score (nSPS) is 32.7. The Bertz CT molecular complexity index is 1290. The number of phenols is 1. The van der Waals surface area contributed by atoms with Crippen molar-refractivity contribution in [3.63, 3.8) is 0 Å². The molecule has 5 aliphatic rings. The Morgan fingerprint density at radius 3 is 2.69 bits per heavy atom. The Labute approximate surface area is 201 Å². The number of phenolic OH excluding ortho intramolecular Hbond substituents is 1. The predicted molar refractivity (Wildman–Crippen MR) is 125 cm³/mol. The number of aromatic hydroxyl groups is 1. The quantitative estimate of drug-likeness (QED) is 0.539. The zero-order valence-corrected chi connectivity index (χ0v) is 19.1. The van der Waals surface area contributed by atoms with Gasteiger partial charge in [0.15, 0.2) is 17.6 Å². The molecule has 1 saturated heterocycles. The molecule has 182 valence electrons. The van der Waals surface area contributed by atoms with E-state index in [1.54, 1.807) is 6.07 Å². The number of hydrogen-bond acceptors (Lipinski definition) is 6. The summed E-state index contributed by atoms with van der Waals surface area (Å²) in [4.78, 5) is 15.7. The van der Waals surface area contributed by atoms with Crippen LogP contribution in [-0.2, 0) is 16.6 Å². The fraction of sp³-hybridized carbons (Fsp3) is 0.444. The Kier molecular flexibility index (Phi) is 4.23. The number of aliphatic hydroxyl groups is 2. The van der Waals surface area contributed by atoms with Gasteiger partial charge in [-0.15, -0.1) is 0 Å². The van der Waals surface area contributed by atoms with Crippen LogP contribution in [0.5, 0.6) is 11.5 Å². The van der Waals surface area contributed by atoms with Crippen LogP contribution in [-0.4, -0.2) is 57.0 Å². The molecule has 7 rings (SSSR count). The summed E-state index contributed by atoms with van der Waals surface area (Å²) < 4.78 is 19.5. The number of hydrogen-bond donors (Lipinski definition) is 4. The molecule has 1 saturated carbocycles. The minimum absolute atomic E-state index is 0.0288. The predicted octanol–water partition coefficient (Wildman–Crippen LogP) is 3.16. The van der Waals surface area contributed by atoms with E-state index in [2.05, 4.69) is 10.2 Å². The fourth-order valence-corrected chi connectivity index (χ4v) is 7.11. The Morgan fingerprint density at radius 1 is 1.17 bits per heavy atom. The summed E-state index contributed by atoms with van der Waals surface area (Å²) in [6.45, 7) is 1.66. The van der Waals surface area contributed by atoms with Crippen molar-refractivity contribution in [1.29, 1.82) is 0 Å². The number of carbonyl (C=O) groups is 1. The molecule has 2 bridgehead atoms. The number of carbonyl (C=O) groups excluding carboxylic acids is 1. The number of benzene rings is 2. The number of rotatable bonds is 4. The van der Waals surface area contributed by atoms with Gasteiger partial charge in [0, 0.05) is 30.3 Å². The van der Waals surface area contributed by atoms with Crippen LogP contribution < -0.4 is 10.1 Å². The van der Waals surface area contributed by atoms with E-state index in [0.29, 0.717) is 30.2 Å². The molecule has 8 heteroatoms. The van der Waals surface area contributed by atoms with Gasteiger partial charge in [0.1, 0.15) is 11.6 Å². The number of amides is 1. The molecule has 2 aliphatic heterocycles. The molecule has 1 amide bonds. The van der Waals surface area contributed by atoms with E-state index in [1.807, 2.05) is 6.07 Å². The van der Waals surface area contributed by atoms with Gasteiger partial charge in [0.2, 0.25) is 0 Å². The Morgan fingerprint density at radius 2 is 1.94 bits per heavy atom. The van der Waals surface area contributed by atoms with Gasteiger partial charge in [0.05, 0.1) is 16.6 Å². The number of aliphatic hydroxyl groups excluding tert-OH is 1. The number of ether oxygens (including phenoxy) is 1. The maximum atomic E-state index is 13.3. The molecule has 7 nitrogen and oxygen atoms in total. The summed E-state index contributed by atoms with van der Waals surface area (Å²) >= 11 is 0. The molecule has 2 aromatic rings. The zero-order chi connectivity index (χ0) is 24.1. The van der Waals surface area contributed by atoms with Crippen molar-refractivity contribution in [3.8, 4) is 11.5 Å². The second-order valence-corrected chi connectivity index (χ2v) is 10.8. The van der Waals surface area contributed by atoms with Crippen molar-refractivity contribution in [3.05, 3.63) is 64.7 Å². The van der Waals surface area contributed by atoms with Crippen molar-refractivity contribution in [2.24, 2.45) is 5.92 Å². The van der Waals surface area contributed by atoms with Gasteiger partial charge in [-0.3, -0.25) is 9.69 Å². The molecule has 1 spiro atoms. The Balaban J connectivity index is 1.35. The molecular weight excluding hydrogens is 451 g/mol. The summed E-state index contributed by atoms with van der Waals surface area (Å²) in [5, 5.41) is 37.3. The van der Waals surface area contributed by atoms with E-state index in [0.717, 1.165) is 24.2 Å². The largest absolute Gasteiger partial charge is 0.508 e. The molecule has 2 aromatic carbocycles. The van der Waals surface area contributed by atoms with Gasteiger partial charge in [0.25, 0.3) is 5.91 Å². The second-order valence-electron chi connectivity index (χ2n) is 10.8. The fourth-order valence-electron chi connectivity index (χ4n) is 7.11. The van der Waals surface area contributed by atoms with E-state index in [-0.39, 0.29) is 29.5 Å². The van der Waals surface area contributed by atoms with Crippen molar-refractivity contribution < 1.29 is 29.2 Å². The lowest BCUT2D eigenvalue weighted by Crippen LogP contribution is -2.75. The van der Waals surface area contributed by atoms with Gasteiger partial charge in [-0.2, -0.15) is 0 Å². The SMILES string of the molecule is O=C(Nc1ccc(F)cc1)C1=C(O)[C@@H]2Oc3c(O)ccc4c3[C@@]23CCN(CC2CC2)[C@H](C4)[C@]3(O)C1. The van der Waals surface area contributed by atoms with Gasteiger partial charge < -0.3 is 25.4 Å². The molecule has 2 heterocycles. The lowest BCUT2D eigenvalue weighted by molar-refractivity contribution is -0.172. The summed E-state index contributed by atoms with van der Waals surface area (Å²) in [7, 11) is 0.